The molecule has 1 aromatic carbocycles. The number of hydrogen-bond acceptors (Lipinski definition) is 7. The zero-order valence-electron chi connectivity index (χ0n) is 17.9. The van der Waals surface area contributed by atoms with Crippen LogP contribution in [0.4, 0.5) is 0 Å². The van der Waals surface area contributed by atoms with Crippen molar-refractivity contribution >= 4 is 21.9 Å². The van der Waals surface area contributed by atoms with E-state index in [0.29, 0.717) is 24.2 Å². The zero-order valence-corrected chi connectivity index (χ0v) is 18.7. The third-order valence-corrected chi connectivity index (χ3v) is 8.16. The first-order valence-corrected chi connectivity index (χ1v) is 12.2. The summed E-state index contributed by atoms with van der Waals surface area (Å²) in [5.41, 5.74) is 0.985. The second-order valence-electron chi connectivity index (χ2n) is 8.27. The van der Waals surface area contributed by atoms with Crippen molar-refractivity contribution in [2.75, 3.05) is 26.2 Å². The van der Waals surface area contributed by atoms with Gasteiger partial charge >= 0.3 is 17.8 Å². The highest BCUT2D eigenvalue weighted by Crippen LogP contribution is 2.29. The molecule has 11 heteroatoms. The molecule has 3 heterocycles. The fraction of sp³-hybridized carbons (Fsp3) is 0.524. The van der Waals surface area contributed by atoms with Crippen LogP contribution in [0.3, 0.4) is 0 Å². The van der Waals surface area contributed by atoms with Crippen molar-refractivity contribution in [1.82, 2.24) is 19.3 Å². The molecule has 0 bridgehead atoms. The Labute approximate surface area is 186 Å². The van der Waals surface area contributed by atoms with E-state index in [-0.39, 0.29) is 48.4 Å². The number of carbonyl (C=O) groups excluding carboxylic acids is 1. The molecule has 0 saturated carbocycles. The molecule has 0 spiro atoms. The Bertz CT molecular complexity index is 1120. The Kier molecular flexibility index (Phi) is 6.29. The Morgan fingerprint density at radius 1 is 1.09 bits per heavy atom. The Morgan fingerprint density at radius 2 is 1.78 bits per heavy atom. The number of sulfonamides is 1. The lowest BCUT2D eigenvalue weighted by molar-refractivity contribution is -0.142. The average Bonchev–Trinajstić information content (AvgIpc) is 3.29. The van der Waals surface area contributed by atoms with Crippen molar-refractivity contribution in [2.24, 2.45) is 5.92 Å². The molecule has 32 heavy (non-hydrogen) atoms. The van der Waals surface area contributed by atoms with E-state index in [9.17, 15) is 18.0 Å². The van der Waals surface area contributed by atoms with E-state index in [2.05, 4.69) is 10.1 Å². The topological polar surface area (TPSA) is 134 Å². The summed E-state index contributed by atoms with van der Waals surface area (Å²) in [5, 5.41) is 13.0. The van der Waals surface area contributed by atoms with E-state index in [0.717, 1.165) is 19.3 Å². The van der Waals surface area contributed by atoms with E-state index in [1.54, 1.807) is 24.0 Å². The largest absolute Gasteiger partial charge is 0.481 e. The van der Waals surface area contributed by atoms with E-state index in [4.69, 9.17) is 9.63 Å². The SMILES string of the molecule is Cc1ccc(-c2noc(C(=O)N3CCCCC3)n2)cc1S(=O)(=O)N1CCC(C(=O)O)CC1. The summed E-state index contributed by atoms with van der Waals surface area (Å²) in [4.78, 5) is 29.8. The van der Waals surface area contributed by atoms with Gasteiger partial charge in [-0.25, -0.2) is 8.42 Å². The van der Waals surface area contributed by atoms with Crippen molar-refractivity contribution in [3.8, 4) is 11.4 Å². The first kappa shape index (κ1) is 22.4. The molecule has 1 amide bonds. The van der Waals surface area contributed by atoms with Gasteiger partial charge in [0.25, 0.3) is 0 Å². The van der Waals surface area contributed by atoms with Crippen LogP contribution in [0.5, 0.6) is 0 Å². The van der Waals surface area contributed by atoms with Crippen LogP contribution in [0.25, 0.3) is 11.4 Å². The normalized spacial score (nSPS) is 18.6. The van der Waals surface area contributed by atoms with Crippen LogP contribution in [-0.2, 0) is 14.8 Å². The number of aromatic nitrogens is 2. The second kappa shape index (κ2) is 8.99. The van der Waals surface area contributed by atoms with Crippen LogP contribution < -0.4 is 0 Å². The highest BCUT2D eigenvalue weighted by atomic mass is 32.2. The number of benzene rings is 1. The van der Waals surface area contributed by atoms with Gasteiger partial charge in [-0.1, -0.05) is 17.3 Å². The summed E-state index contributed by atoms with van der Waals surface area (Å²) in [6.07, 6.45) is 3.53. The lowest BCUT2D eigenvalue weighted by Gasteiger charge is -2.29. The van der Waals surface area contributed by atoms with Crippen molar-refractivity contribution in [1.29, 1.82) is 0 Å². The number of carbonyl (C=O) groups is 2. The van der Waals surface area contributed by atoms with Crippen LogP contribution in [0.1, 0.15) is 48.4 Å². The fourth-order valence-electron chi connectivity index (χ4n) is 4.16. The summed E-state index contributed by atoms with van der Waals surface area (Å²) in [5.74, 6) is -1.70. The van der Waals surface area contributed by atoms with Gasteiger partial charge in [0.2, 0.25) is 15.8 Å². The molecule has 0 aliphatic carbocycles. The van der Waals surface area contributed by atoms with Crippen molar-refractivity contribution in [3.63, 3.8) is 0 Å². The zero-order chi connectivity index (χ0) is 22.9. The molecule has 1 aromatic heterocycles. The van der Waals surface area contributed by atoms with E-state index >= 15 is 0 Å². The summed E-state index contributed by atoms with van der Waals surface area (Å²) < 4.78 is 33.0. The molecule has 0 radical (unpaired) electrons. The molecule has 2 aliphatic rings. The first-order chi connectivity index (χ1) is 15.3. The average molecular weight is 463 g/mol. The van der Waals surface area contributed by atoms with Gasteiger partial charge in [0.05, 0.1) is 10.8 Å². The van der Waals surface area contributed by atoms with Gasteiger partial charge in [-0.15, -0.1) is 0 Å². The first-order valence-electron chi connectivity index (χ1n) is 10.7. The maximum Gasteiger partial charge on any atom is 0.316 e. The molecular formula is C21H26N4O6S. The number of amides is 1. The summed E-state index contributed by atoms with van der Waals surface area (Å²) in [6, 6.07) is 4.83. The number of nitrogens with zero attached hydrogens (tertiary/aromatic N) is 4. The maximum absolute atomic E-state index is 13.2. The molecule has 2 aromatic rings. The summed E-state index contributed by atoms with van der Waals surface area (Å²) in [6.45, 7) is 3.31. The maximum atomic E-state index is 13.2. The number of carboxylic acid groups (broad SMARTS) is 1. The van der Waals surface area contributed by atoms with Gasteiger partial charge < -0.3 is 14.5 Å². The minimum atomic E-state index is -3.82. The van der Waals surface area contributed by atoms with Gasteiger partial charge in [0.1, 0.15) is 0 Å². The van der Waals surface area contributed by atoms with Crippen molar-refractivity contribution in [3.05, 3.63) is 29.7 Å². The predicted molar refractivity (Wildman–Crippen MR) is 113 cm³/mol. The fourth-order valence-corrected chi connectivity index (χ4v) is 5.88. The van der Waals surface area contributed by atoms with Crippen LogP contribution in [0.2, 0.25) is 0 Å². The number of hydrogen-bond donors (Lipinski definition) is 1. The van der Waals surface area contributed by atoms with E-state index in [1.165, 1.54) is 10.4 Å². The number of carboxylic acids is 1. The molecule has 2 saturated heterocycles. The monoisotopic (exact) mass is 462 g/mol. The Balaban J connectivity index is 1.56. The van der Waals surface area contributed by atoms with Gasteiger partial charge in [-0.2, -0.15) is 9.29 Å². The molecule has 1 N–H and O–H groups in total. The summed E-state index contributed by atoms with van der Waals surface area (Å²) in [7, 11) is -3.82. The number of rotatable bonds is 5. The van der Waals surface area contributed by atoms with Crippen molar-refractivity contribution in [2.45, 2.75) is 43.9 Å². The number of piperidine rings is 2. The summed E-state index contributed by atoms with van der Waals surface area (Å²) >= 11 is 0. The lowest BCUT2D eigenvalue weighted by Crippen LogP contribution is -2.40. The predicted octanol–water partition coefficient (Wildman–Crippen LogP) is 2.16. The molecular weight excluding hydrogens is 436 g/mol. The lowest BCUT2D eigenvalue weighted by atomic mass is 9.99. The van der Waals surface area contributed by atoms with Crippen LogP contribution in [0.15, 0.2) is 27.6 Å². The molecule has 0 unspecified atom stereocenters. The van der Waals surface area contributed by atoms with E-state index in [1.807, 2.05) is 0 Å². The quantitative estimate of drug-likeness (QED) is 0.714. The van der Waals surface area contributed by atoms with Crippen LogP contribution in [-0.4, -0.2) is 70.9 Å². The van der Waals surface area contributed by atoms with Gasteiger partial charge in [0, 0.05) is 31.7 Å². The second-order valence-corrected chi connectivity index (χ2v) is 10.2. The molecule has 2 fully saturated rings. The van der Waals surface area contributed by atoms with Crippen LogP contribution >= 0.6 is 0 Å². The molecule has 172 valence electrons. The van der Waals surface area contributed by atoms with Gasteiger partial charge in [-0.3, -0.25) is 9.59 Å². The third-order valence-electron chi connectivity index (χ3n) is 6.12. The van der Waals surface area contributed by atoms with Crippen molar-refractivity contribution < 1.29 is 27.6 Å². The molecule has 4 rings (SSSR count). The minimum Gasteiger partial charge on any atom is -0.481 e. The Morgan fingerprint density at radius 3 is 2.44 bits per heavy atom. The van der Waals surface area contributed by atoms with Gasteiger partial charge in [0.15, 0.2) is 0 Å². The number of aryl methyl sites for hydroxylation is 1. The smallest absolute Gasteiger partial charge is 0.316 e. The minimum absolute atomic E-state index is 0.109. The highest BCUT2D eigenvalue weighted by Gasteiger charge is 2.33. The third kappa shape index (κ3) is 4.40. The molecule has 2 aliphatic heterocycles. The van der Waals surface area contributed by atoms with Gasteiger partial charge in [-0.05, 0) is 50.7 Å². The molecule has 10 nitrogen and oxygen atoms in total. The standard InChI is InChI=1S/C21H26N4O6S/c1-14-5-6-16(18-22-19(31-23-18)20(26)24-9-3-2-4-10-24)13-17(14)32(29,30)25-11-7-15(8-12-25)21(27)28/h5-6,13,15H,2-4,7-12H2,1H3,(H,27,28). The van der Waals surface area contributed by atoms with Crippen LogP contribution in [0, 0.1) is 12.8 Å². The highest BCUT2D eigenvalue weighted by molar-refractivity contribution is 7.89. The number of aliphatic carboxylic acids is 1. The number of likely N-dealkylation sites (tertiary alicyclic amines) is 1. The molecule has 0 atom stereocenters. The van der Waals surface area contributed by atoms with E-state index < -0.39 is 21.9 Å². The Hall–Kier alpha value is -2.79.